The molecule has 1 unspecified atom stereocenters. The van der Waals surface area contributed by atoms with E-state index in [9.17, 15) is 19.1 Å². The van der Waals surface area contributed by atoms with E-state index < -0.39 is 23.7 Å². The maximum absolute atomic E-state index is 14.3. The number of carboxylic acids is 1. The van der Waals surface area contributed by atoms with Crippen LogP contribution in [0.25, 0.3) is 5.57 Å². The molecule has 2 aliphatic heterocycles. The van der Waals surface area contributed by atoms with E-state index in [-0.39, 0.29) is 23.3 Å². The van der Waals surface area contributed by atoms with Gasteiger partial charge in [0.1, 0.15) is 12.4 Å². The highest BCUT2D eigenvalue weighted by atomic mass is 19.1. The van der Waals surface area contributed by atoms with Crippen LogP contribution in [0.1, 0.15) is 30.9 Å². The van der Waals surface area contributed by atoms with E-state index in [4.69, 9.17) is 4.74 Å². The Balaban J connectivity index is 2.31. The van der Waals surface area contributed by atoms with Gasteiger partial charge in [0, 0.05) is 11.3 Å². The number of carboxylic acid groups (broad SMARTS) is 1. The molecule has 0 amide bonds. The molecular weight excluding hydrogens is 313 g/mol. The fraction of sp³-hybridized carbons (Fsp3) is 0.222. The molecule has 3 rings (SSSR count). The molecule has 1 aromatic rings. The second-order valence-corrected chi connectivity index (χ2v) is 5.85. The number of esters is 1. The number of ether oxygens (including phenoxy) is 1. The fourth-order valence-electron chi connectivity index (χ4n) is 3.29. The van der Waals surface area contributed by atoms with Gasteiger partial charge in [0.05, 0.1) is 22.8 Å². The smallest absolute Gasteiger partial charge is 0.337 e. The Kier molecular flexibility index (Phi) is 3.75. The van der Waals surface area contributed by atoms with Gasteiger partial charge in [-0.2, -0.15) is 0 Å². The van der Waals surface area contributed by atoms with Gasteiger partial charge in [0.25, 0.3) is 0 Å². The number of hydrogen-bond acceptors (Lipinski definition) is 4. The van der Waals surface area contributed by atoms with Crippen molar-refractivity contribution in [1.29, 1.82) is 0 Å². The van der Waals surface area contributed by atoms with Crippen LogP contribution < -0.4 is 5.32 Å². The SMILES string of the molecule is C=C(C)c1c(F)cccc1C1C(C(=O)O)=C(C)NC2=C1C(=O)OC2. The molecular formula is C18H16FNO4. The number of halogens is 1. The Morgan fingerprint density at radius 2 is 2.17 bits per heavy atom. The first-order valence-corrected chi connectivity index (χ1v) is 7.38. The average Bonchev–Trinajstić information content (AvgIpc) is 2.85. The van der Waals surface area contributed by atoms with Gasteiger partial charge in [-0.1, -0.05) is 18.7 Å². The average molecular weight is 329 g/mol. The molecule has 5 nitrogen and oxygen atoms in total. The monoisotopic (exact) mass is 329 g/mol. The number of carbonyl (C=O) groups excluding carboxylic acids is 1. The minimum absolute atomic E-state index is 0.000648. The first kappa shape index (κ1) is 16.0. The van der Waals surface area contributed by atoms with Gasteiger partial charge >= 0.3 is 11.9 Å². The summed E-state index contributed by atoms with van der Waals surface area (Å²) in [6, 6.07) is 4.40. The summed E-state index contributed by atoms with van der Waals surface area (Å²) in [6.07, 6.45) is 0. The summed E-state index contributed by atoms with van der Waals surface area (Å²) < 4.78 is 19.4. The second kappa shape index (κ2) is 5.63. The van der Waals surface area contributed by atoms with Gasteiger partial charge in [-0.3, -0.25) is 0 Å². The van der Waals surface area contributed by atoms with E-state index in [1.54, 1.807) is 19.9 Å². The van der Waals surface area contributed by atoms with Gasteiger partial charge in [-0.25, -0.2) is 14.0 Å². The predicted molar refractivity (Wildman–Crippen MR) is 85.3 cm³/mol. The molecule has 0 aliphatic carbocycles. The number of rotatable bonds is 3. The van der Waals surface area contributed by atoms with Crippen molar-refractivity contribution in [3.63, 3.8) is 0 Å². The predicted octanol–water partition coefficient (Wildman–Crippen LogP) is 2.72. The fourth-order valence-corrected chi connectivity index (χ4v) is 3.29. The molecule has 0 saturated heterocycles. The molecule has 6 heteroatoms. The molecule has 24 heavy (non-hydrogen) atoms. The molecule has 2 heterocycles. The zero-order chi connectivity index (χ0) is 17.6. The van der Waals surface area contributed by atoms with Crippen LogP contribution in [0.3, 0.4) is 0 Å². The Morgan fingerprint density at radius 1 is 1.46 bits per heavy atom. The van der Waals surface area contributed by atoms with Crippen molar-refractivity contribution in [2.75, 3.05) is 6.61 Å². The van der Waals surface area contributed by atoms with Crippen LogP contribution >= 0.6 is 0 Å². The minimum Gasteiger partial charge on any atom is -0.478 e. The summed E-state index contributed by atoms with van der Waals surface area (Å²) in [5, 5.41) is 12.6. The van der Waals surface area contributed by atoms with E-state index in [0.29, 0.717) is 22.5 Å². The van der Waals surface area contributed by atoms with Crippen LogP contribution in [0.2, 0.25) is 0 Å². The number of cyclic esters (lactones) is 1. The number of nitrogens with one attached hydrogen (secondary N) is 1. The first-order chi connectivity index (χ1) is 11.3. The lowest BCUT2D eigenvalue weighted by atomic mass is 9.78. The Morgan fingerprint density at radius 3 is 2.79 bits per heavy atom. The lowest BCUT2D eigenvalue weighted by Crippen LogP contribution is -2.29. The number of dihydropyridines is 1. The van der Waals surface area contributed by atoms with Crippen LogP contribution in [0.5, 0.6) is 0 Å². The van der Waals surface area contributed by atoms with Crippen LogP contribution in [-0.2, 0) is 14.3 Å². The lowest BCUT2D eigenvalue weighted by molar-refractivity contribution is -0.136. The van der Waals surface area contributed by atoms with E-state index >= 15 is 0 Å². The number of allylic oxidation sites excluding steroid dienone is 2. The van der Waals surface area contributed by atoms with Crippen molar-refractivity contribution in [3.05, 3.63) is 64.3 Å². The Hall–Kier alpha value is -2.89. The van der Waals surface area contributed by atoms with E-state index in [1.165, 1.54) is 12.1 Å². The third kappa shape index (κ3) is 2.31. The molecule has 0 fully saturated rings. The van der Waals surface area contributed by atoms with Crippen molar-refractivity contribution in [1.82, 2.24) is 5.32 Å². The highest BCUT2D eigenvalue weighted by molar-refractivity contribution is 6.01. The largest absolute Gasteiger partial charge is 0.478 e. The Bertz CT molecular complexity index is 849. The molecule has 1 atom stereocenters. The number of benzene rings is 1. The minimum atomic E-state index is -1.17. The third-order valence-electron chi connectivity index (χ3n) is 4.23. The van der Waals surface area contributed by atoms with Crippen LogP contribution in [0.4, 0.5) is 4.39 Å². The van der Waals surface area contributed by atoms with Gasteiger partial charge in [0.2, 0.25) is 0 Å². The summed E-state index contributed by atoms with van der Waals surface area (Å²) in [6.45, 7) is 7.09. The number of aliphatic carboxylic acids is 1. The van der Waals surface area contributed by atoms with Crippen molar-refractivity contribution in [2.45, 2.75) is 19.8 Å². The maximum Gasteiger partial charge on any atom is 0.337 e. The summed E-state index contributed by atoms with van der Waals surface area (Å²) in [7, 11) is 0. The van der Waals surface area contributed by atoms with E-state index in [2.05, 4.69) is 11.9 Å². The standard InChI is InChI=1S/C18H16FNO4/c1-8(2)13-10(5-4-6-11(13)19)15-14(17(21)22)9(3)20-12-7-24-18(23)16(12)15/h4-6,15,20H,1,7H2,2-3H3,(H,21,22). The number of carbonyl (C=O) groups is 2. The molecule has 0 aromatic heterocycles. The van der Waals surface area contributed by atoms with Crippen LogP contribution in [0, 0.1) is 5.82 Å². The third-order valence-corrected chi connectivity index (χ3v) is 4.23. The van der Waals surface area contributed by atoms with Gasteiger partial charge < -0.3 is 15.2 Å². The van der Waals surface area contributed by atoms with Crippen LogP contribution in [-0.4, -0.2) is 23.7 Å². The van der Waals surface area contributed by atoms with Crippen molar-refractivity contribution in [2.24, 2.45) is 0 Å². The Labute approximate surface area is 138 Å². The molecule has 1 aromatic carbocycles. The normalized spacial score (nSPS) is 19.8. The molecule has 0 bridgehead atoms. The topological polar surface area (TPSA) is 75.6 Å². The summed E-state index contributed by atoms with van der Waals surface area (Å²) in [5.41, 5.74) is 2.21. The van der Waals surface area contributed by atoms with Crippen molar-refractivity contribution < 1.29 is 23.8 Å². The lowest BCUT2D eigenvalue weighted by Gasteiger charge is -2.28. The molecule has 0 radical (unpaired) electrons. The highest BCUT2D eigenvalue weighted by Crippen LogP contribution is 2.43. The van der Waals surface area contributed by atoms with Gasteiger partial charge in [-0.05, 0) is 31.1 Å². The highest BCUT2D eigenvalue weighted by Gasteiger charge is 2.42. The van der Waals surface area contributed by atoms with E-state index in [1.807, 2.05) is 0 Å². The van der Waals surface area contributed by atoms with Gasteiger partial charge in [-0.15, -0.1) is 0 Å². The quantitative estimate of drug-likeness (QED) is 0.834. The number of hydrogen-bond donors (Lipinski definition) is 2. The summed E-state index contributed by atoms with van der Waals surface area (Å²) in [5.74, 6) is -3.18. The van der Waals surface area contributed by atoms with Gasteiger partial charge in [0.15, 0.2) is 0 Å². The molecule has 0 spiro atoms. The first-order valence-electron chi connectivity index (χ1n) is 7.38. The molecule has 0 saturated carbocycles. The summed E-state index contributed by atoms with van der Waals surface area (Å²) >= 11 is 0. The summed E-state index contributed by atoms with van der Waals surface area (Å²) in [4.78, 5) is 24.0. The zero-order valence-corrected chi connectivity index (χ0v) is 13.3. The second-order valence-electron chi connectivity index (χ2n) is 5.85. The molecule has 2 aliphatic rings. The molecule has 2 N–H and O–H groups in total. The van der Waals surface area contributed by atoms with Crippen LogP contribution in [0.15, 0.2) is 47.3 Å². The maximum atomic E-state index is 14.3. The van der Waals surface area contributed by atoms with Crippen molar-refractivity contribution in [3.8, 4) is 0 Å². The van der Waals surface area contributed by atoms with Crippen molar-refractivity contribution >= 4 is 17.5 Å². The molecule has 124 valence electrons. The zero-order valence-electron chi connectivity index (χ0n) is 13.3. The van der Waals surface area contributed by atoms with E-state index in [0.717, 1.165) is 0 Å².